The van der Waals surface area contributed by atoms with Gasteiger partial charge in [-0.1, -0.05) is 42.0 Å². The minimum absolute atomic E-state index is 0.527. The zero-order chi connectivity index (χ0) is 11.4. The molecule has 1 unspecified atom stereocenters. The zero-order valence-corrected chi connectivity index (χ0v) is 9.97. The highest BCUT2D eigenvalue weighted by Crippen LogP contribution is 2.33. The Morgan fingerprint density at radius 3 is 2.50 bits per heavy atom. The largest absolute Gasteiger partial charge is 0.449 e. The highest BCUT2D eigenvalue weighted by molar-refractivity contribution is 7.25. The Morgan fingerprint density at radius 2 is 1.81 bits per heavy atom. The molecule has 2 aromatic carbocycles. The van der Waals surface area contributed by atoms with Crippen LogP contribution in [0.3, 0.4) is 0 Å². The van der Waals surface area contributed by atoms with Gasteiger partial charge in [0.2, 0.25) is 9.03 Å². The second-order valence-corrected chi connectivity index (χ2v) is 3.95. The Hall–Kier alpha value is -1.37. The molecule has 0 aliphatic heterocycles. The lowest BCUT2D eigenvalue weighted by Crippen LogP contribution is -1.86. The van der Waals surface area contributed by atoms with Gasteiger partial charge < -0.3 is 9.42 Å². The van der Waals surface area contributed by atoms with Gasteiger partial charge in [-0.3, -0.25) is 0 Å². The predicted molar refractivity (Wildman–Crippen MR) is 67.8 cm³/mol. The Morgan fingerprint density at radius 1 is 1.06 bits per heavy atom. The topological polar surface area (TPSA) is 29.5 Å². The Kier molecular flexibility index (Phi) is 3.55. The monoisotopic (exact) mass is 232 g/mol. The summed E-state index contributed by atoms with van der Waals surface area (Å²) in [7, 11) is -0.527. The van der Waals surface area contributed by atoms with Gasteiger partial charge in [-0.05, 0) is 24.6 Å². The first kappa shape index (κ1) is 11.1. The Balaban J connectivity index is 2.49. The van der Waals surface area contributed by atoms with E-state index in [1.807, 2.05) is 49.4 Å². The van der Waals surface area contributed by atoms with E-state index < -0.39 is 9.03 Å². The van der Waals surface area contributed by atoms with Crippen molar-refractivity contribution in [3.63, 3.8) is 0 Å². The molecule has 0 aliphatic rings. The summed E-state index contributed by atoms with van der Waals surface area (Å²) in [6, 6.07) is 15.9. The van der Waals surface area contributed by atoms with E-state index in [4.69, 9.17) is 9.42 Å². The summed E-state index contributed by atoms with van der Waals surface area (Å²) in [6.45, 7) is 2.04. The van der Waals surface area contributed by atoms with Crippen LogP contribution in [0.15, 0.2) is 48.5 Å². The fourth-order valence-electron chi connectivity index (χ4n) is 1.63. The van der Waals surface area contributed by atoms with Gasteiger partial charge in [0.15, 0.2) is 0 Å². The average molecular weight is 232 g/mol. The number of aryl methyl sites for hydroxylation is 1. The highest BCUT2D eigenvalue weighted by atomic mass is 31.1. The van der Waals surface area contributed by atoms with Crippen LogP contribution in [0.4, 0.5) is 0 Å². The predicted octanol–water partition coefficient (Wildman–Crippen LogP) is 3.54. The molecule has 2 rings (SSSR count). The summed E-state index contributed by atoms with van der Waals surface area (Å²) < 4.78 is 5.23. The molecule has 0 heterocycles. The van der Waals surface area contributed by atoms with Crippen LogP contribution in [0.5, 0.6) is 5.75 Å². The zero-order valence-electron chi connectivity index (χ0n) is 8.97. The summed E-state index contributed by atoms with van der Waals surface area (Å²) in [5.74, 6) is 0.720. The summed E-state index contributed by atoms with van der Waals surface area (Å²) in [5, 5.41) is 0. The van der Waals surface area contributed by atoms with Gasteiger partial charge in [0, 0.05) is 5.56 Å². The van der Waals surface area contributed by atoms with E-state index in [0.29, 0.717) is 0 Å². The van der Waals surface area contributed by atoms with Crippen molar-refractivity contribution < 1.29 is 9.42 Å². The van der Waals surface area contributed by atoms with Crippen molar-refractivity contribution in [1.82, 2.24) is 0 Å². The van der Waals surface area contributed by atoms with E-state index >= 15 is 0 Å². The van der Waals surface area contributed by atoms with E-state index in [9.17, 15) is 0 Å². The van der Waals surface area contributed by atoms with Crippen molar-refractivity contribution in [2.75, 3.05) is 0 Å². The molecule has 1 N–H and O–H groups in total. The summed E-state index contributed by atoms with van der Waals surface area (Å²) in [4.78, 5) is 8.87. The van der Waals surface area contributed by atoms with Crippen LogP contribution < -0.4 is 4.52 Å². The number of hydrogen-bond donors (Lipinski definition) is 1. The molecule has 2 nitrogen and oxygen atoms in total. The van der Waals surface area contributed by atoms with Crippen molar-refractivity contribution in [3.8, 4) is 16.9 Å². The van der Waals surface area contributed by atoms with E-state index in [0.717, 1.165) is 16.9 Å². The molecule has 2 aromatic rings. The Labute approximate surface area is 96.8 Å². The summed E-state index contributed by atoms with van der Waals surface area (Å²) in [5.41, 5.74) is 3.29. The van der Waals surface area contributed by atoms with Gasteiger partial charge in [-0.2, -0.15) is 0 Å². The Bertz CT molecular complexity index is 469. The smallest absolute Gasteiger partial charge is 0.212 e. The van der Waals surface area contributed by atoms with Crippen LogP contribution >= 0.6 is 9.03 Å². The molecule has 0 bridgehead atoms. The van der Waals surface area contributed by atoms with Crippen molar-refractivity contribution >= 4 is 9.03 Å². The van der Waals surface area contributed by atoms with Gasteiger partial charge in [0.1, 0.15) is 5.75 Å². The molecule has 16 heavy (non-hydrogen) atoms. The summed E-state index contributed by atoms with van der Waals surface area (Å²) >= 11 is 0. The highest BCUT2D eigenvalue weighted by Gasteiger charge is 2.05. The van der Waals surface area contributed by atoms with Crippen LogP contribution in [0.1, 0.15) is 5.56 Å². The van der Waals surface area contributed by atoms with Crippen LogP contribution in [-0.2, 0) is 0 Å². The SMILES string of the molecule is Cc1ccc(OPO)c(-c2ccccc2)c1. The first-order valence-electron chi connectivity index (χ1n) is 5.03. The van der Waals surface area contributed by atoms with Crippen molar-refractivity contribution in [3.05, 3.63) is 54.1 Å². The molecule has 0 spiro atoms. The second kappa shape index (κ2) is 5.11. The maximum atomic E-state index is 8.87. The van der Waals surface area contributed by atoms with Crippen molar-refractivity contribution in [1.29, 1.82) is 0 Å². The lowest BCUT2D eigenvalue weighted by atomic mass is 10.0. The molecule has 3 heteroatoms. The second-order valence-electron chi connectivity index (χ2n) is 3.56. The van der Waals surface area contributed by atoms with Crippen LogP contribution in [0.2, 0.25) is 0 Å². The normalized spacial score (nSPS) is 10.9. The van der Waals surface area contributed by atoms with E-state index in [2.05, 4.69) is 6.07 Å². The molecular formula is C13H13O2P. The minimum atomic E-state index is -0.527. The third-order valence-electron chi connectivity index (χ3n) is 2.38. The lowest BCUT2D eigenvalue weighted by Gasteiger charge is -2.10. The molecular weight excluding hydrogens is 219 g/mol. The van der Waals surface area contributed by atoms with E-state index in [1.54, 1.807) is 0 Å². The first-order chi connectivity index (χ1) is 7.81. The molecule has 0 saturated heterocycles. The fraction of sp³-hybridized carbons (Fsp3) is 0.0769. The number of benzene rings is 2. The first-order valence-corrected chi connectivity index (χ1v) is 5.89. The van der Waals surface area contributed by atoms with Crippen molar-refractivity contribution in [2.24, 2.45) is 0 Å². The maximum absolute atomic E-state index is 8.87. The number of hydrogen-bond acceptors (Lipinski definition) is 2. The molecule has 0 radical (unpaired) electrons. The van der Waals surface area contributed by atoms with Gasteiger partial charge in [-0.15, -0.1) is 0 Å². The minimum Gasteiger partial charge on any atom is -0.449 e. The lowest BCUT2D eigenvalue weighted by molar-refractivity contribution is 0.515. The third kappa shape index (κ3) is 2.41. The number of rotatable bonds is 3. The molecule has 1 atom stereocenters. The maximum Gasteiger partial charge on any atom is 0.212 e. The standard InChI is InChI=1S/C13H13O2P/c1-10-7-8-13(15-16-14)12(9-10)11-5-3-2-4-6-11/h2-9,14,16H,1H3. The molecule has 82 valence electrons. The third-order valence-corrected chi connectivity index (χ3v) is 2.69. The molecule has 0 aromatic heterocycles. The van der Waals surface area contributed by atoms with Crippen LogP contribution in [-0.4, -0.2) is 4.89 Å². The van der Waals surface area contributed by atoms with Gasteiger partial charge >= 0.3 is 0 Å². The quantitative estimate of drug-likeness (QED) is 0.820. The molecule has 0 aliphatic carbocycles. The molecule has 0 fully saturated rings. The van der Waals surface area contributed by atoms with Crippen LogP contribution in [0.25, 0.3) is 11.1 Å². The van der Waals surface area contributed by atoms with Gasteiger partial charge in [-0.25, -0.2) is 0 Å². The van der Waals surface area contributed by atoms with Gasteiger partial charge in [0.05, 0.1) is 0 Å². The molecule has 0 amide bonds. The van der Waals surface area contributed by atoms with E-state index in [1.165, 1.54) is 5.56 Å². The van der Waals surface area contributed by atoms with Crippen LogP contribution in [0, 0.1) is 6.92 Å². The fourth-order valence-corrected chi connectivity index (χ4v) is 1.90. The summed E-state index contributed by atoms with van der Waals surface area (Å²) in [6.07, 6.45) is 0. The molecule has 0 saturated carbocycles. The van der Waals surface area contributed by atoms with Gasteiger partial charge in [0.25, 0.3) is 0 Å². The van der Waals surface area contributed by atoms with E-state index in [-0.39, 0.29) is 0 Å². The van der Waals surface area contributed by atoms with Crippen molar-refractivity contribution in [2.45, 2.75) is 6.92 Å². The average Bonchev–Trinajstić information content (AvgIpc) is 2.33.